The van der Waals surface area contributed by atoms with Gasteiger partial charge in [-0.15, -0.1) is 12.4 Å². The van der Waals surface area contributed by atoms with Crippen LogP contribution in [0.4, 0.5) is 5.82 Å². The predicted molar refractivity (Wildman–Crippen MR) is 79.6 cm³/mol. The van der Waals surface area contributed by atoms with E-state index >= 15 is 0 Å². The van der Waals surface area contributed by atoms with Crippen molar-refractivity contribution in [2.45, 2.75) is 46.3 Å². The molecule has 1 N–H and O–H groups in total. The Hall–Kier alpha value is -1.49. The van der Waals surface area contributed by atoms with Gasteiger partial charge in [-0.3, -0.25) is 9.36 Å². The minimum absolute atomic E-state index is 0. The molecule has 0 aliphatic rings. The molecule has 0 aliphatic heterocycles. The van der Waals surface area contributed by atoms with Gasteiger partial charge >= 0.3 is 0 Å². The molecular weight excluding hydrogens is 262 g/mol. The summed E-state index contributed by atoms with van der Waals surface area (Å²) in [5, 5.41) is 12.1. The summed E-state index contributed by atoms with van der Waals surface area (Å²) in [6.45, 7) is 7.02. The molecule has 0 aromatic carbocycles. The number of aromatic nitrogens is 4. The molecule has 106 valence electrons. The largest absolute Gasteiger partial charge is 0.364 e. The molecule has 0 saturated carbocycles. The SMILES string of the molecule is CCCn1cc(CNc2ccn(CCC)n2)cn1.Cl. The first-order valence-corrected chi connectivity index (χ1v) is 6.60. The normalized spacial score (nSPS) is 10.2. The fraction of sp³-hybridized carbons (Fsp3) is 0.538. The quantitative estimate of drug-likeness (QED) is 0.850. The lowest BCUT2D eigenvalue weighted by atomic mass is 10.3. The van der Waals surface area contributed by atoms with Crippen LogP contribution in [0.15, 0.2) is 24.7 Å². The van der Waals surface area contributed by atoms with Crippen molar-refractivity contribution >= 4 is 18.2 Å². The number of aryl methyl sites for hydroxylation is 2. The number of hydrogen-bond donors (Lipinski definition) is 1. The van der Waals surface area contributed by atoms with Crippen LogP contribution in [-0.4, -0.2) is 19.6 Å². The lowest BCUT2D eigenvalue weighted by molar-refractivity contribution is 0.602. The third-order valence-corrected chi connectivity index (χ3v) is 2.71. The van der Waals surface area contributed by atoms with Crippen LogP contribution in [0.3, 0.4) is 0 Å². The third kappa shape index (κ3) is 4.59. The zero-order valence-corrected chi connectivity index (χ0v) is 12.4. The van der Waals surface area contributed by atoms with Crippen LogP contribution in [0.1, 0.15) is 32.3 Å². The lowest BCUT2D eigenvalue weighted by Gasteiger charge is -2.00. The third-order valence-electron chi connectivity index (χ3n) is 2.71. The Morgan fingerprint density at radius 3 is 2.63 bits per heavy atom. The van der Waals surface area contributed by atoms with Crippen molar-refractivity contribution in [2.75, 3.05) is 5.32 Å². The summed E-state index contributed by atoms with van der Waals surface area (Å²) in [5.74, 6) is 0.923. The highest BCUT2D eigenvalue weighted by atomic mass is 35.5. The molecule has 0 fully saturated rings. The number of nitrogens with zero attached hydrogens (tertiary/aromatic N) is 4. The molecule has 0 atom stereocenters. The van der Waals surface area contributed by atoms with Crippen LogP contribution in [0, 0.1) is 0 Å². The summed E-state index contributed by atoms with van der Waals surface area (Å²) in [4.78, 5) is 0. The van der Waals surface area contributed by atoms with E-state index in [0.29, 0.717) is 0 Å². The molecule has 5 nitrogen and oxygen atoms in total. The van der Waals surface area contributed by atoms with E-state index < -0.39 is 0 Å². The van der Waals surface area contributed by atoms with Crippen molar-refractivity contribution in [3.05, 3.63) is 30.2 Å². The van der Waals surface area contributed by atoms with Crippen LogP contribution in [0.25, 0.3) is 0 Å². The van der Waals surface area contributed by atoms with Crippen molar-refractivity contribution in [1.29, 1.82) is 0 Å². The first-order chi connectivity index (χ1) is 8.81. The highest BCUT2D eigenvalue weighted by Crippen LogP contribution is 2.06. The topological polar surface area (TPSA) is 47.7 Å². The van der Waals surface area contributed by atoms with Crippen molar-refractivity contribution in [3.8, 4) is 0 Å². The number of hydrogen-bond acceptors (Lipinski definition) is 3. The van der Waals surface area contributed by atoms with Gasteiger partial charge in [-0.25, -0.2) is 0 Å². The van der Waals surface area contributed by atoms with Crippen LogP contribution in [-0.2, 0) is 19.6 Å². The van der Waals surface area contributed by atoms with Gasteiger partial charge in [0.2, 0.25) is 0 Å². The average molecular weight is 284 g/mol. The fourth-order valence-electron chi connectivity index (χ4n) is 1.85. The number of anilines is 1. The maximum Gasteiger partial charge on any atom is 0.148 e. The Morgan fingerprint density at radius 2 is 1.89 bits per heavy atom. The molecule has 2 aromatic rings. The minimum Gasteiger partial charge on any atom is -0.364 e. The molecular formula is C13H22ClN5. The van der Waals surface area contributed by atoms with Crippen LogP contribution in [0.5, 0.6) is 0 Å². The van der Waals surface area contributed by atoms with Gasteiger partial charge in [-0.05, 0) is 12.8 Å². The van der Waals surface area contributed by atoms with Crippen molar-refractivity contribution in [2.24, 2.45) is 0 Å². The zero-order valence-electron chi connectivity index (χ0n) is 11.5. The molecule has 2 rings (SSSR count). The zero-order chi connectivity index (χ0) is 12.8. The molecule has 0 saturated heterocycles. The predicted octanol–water partition coefficient (Wildman–Crippen LogP) is 2.93. The van der Waals surface area contributed by atoms with E-state index in [-0.39, 0.29) is 12.4 Å². The van der Waals surface area contributed by atoms with Gasteiger partial charge in [0.25, 0.3) is 0 Å². The Morgan fingerprint density at radius 1 is 1.16 bits per heavy atom. The second-order valence-corrected chi connectivity index (χ2v) is 4.43. The molecule has 0 spiro atoms. The minimum atomic E-state index is 0. The molecule has 0 amide bonds. The maximum absolute atomic E-state index is 4.44. The van der Waals surface area contributed by atoms with Crippen LogP contribution in [0.2, 0.25) is 0 Å². The summed E-state index contributed by atoms with van der Waals surface area (Å²) in [7, 11) is 0. The van der Waals surface area contributed by atoms with Crippen LogP contribution < -0.4 is 5.32 Å². The Kier molecular flexibility index (Phi) is 6.42. The maximum atomic E-state index is 4.44. The van der Waals surface area contributed by atoms with Crippen molar-refractivity contribution < 1.29 is 0 Å². The molecule has 2 heterocycles. The molecule has 0 aliphatic carbocycles. The highest BCUT2D eigenvalue weighted by molar-refractivity contribution is 5.85. The van der Waals surface area contributed by atoms with E-state index in [1.54, 1.807) is 0 Å². The number of rotatable bonds is 7. The molecule has 19 heavy (non-hydrogen) atoms. The molecule has 6 heteroatoms. The van der Waals surface area contributed by atoms with Crippen LogP contribution >= 0.6 is 12.4 Å². The van der Waals surface area contributed by atoms with Gasteiger partial charge in [-0.2, -0.15) is 10.2 Å². The van der Waals surface area contributed by atoms with Gasteiger partial charge in [0, 0.05) is 43.7 Å². The van der Waals surface area contributed by atoms with Gasteiger partial charge in [0.1, 0.15) is 5.82 Å². The first kappa shape index (κ1) is 15.6. The summed E-state index contributed by atoms with van der Waals surface area (Å²) in [6, 6.07) is 2.01. The smallest absolute Gasteiger partial charge is 0.148 e. The molecule has 2 aromatic heterocycles. The molecule has 0 bridgehead atoms. The van der Waals surface area contributed by atoms with E-state index in [4.69, 9.17) is 0 Å². The summed E-state index contributed by atoms with van der Waals surface area (Å²) < 4.78 is 3.94. The van der Waals surface area contributed by atoms with Gasteiger partial charge < -0.3 is 5.32 Å². The highest BCUT2D eigenvalue weighted by Gasteiger charge is 2.00. The average Bonchev–Trinajstić information content (AvgIpc) is 2.97. The summed E-state index contributed by atoms with van der Waals surface area (Å²) in [6.07, 6.45) is 8.21. The summed E-state index contributed by atoms with van der Waals surface area (Å²) >= 11 is 0. The van der Waals surface area contributed by atoms with Gasteiger partial charge in [0.15, 0.2) is 0 Å². The molecule has 0 unspecified atom stereocenters. The Labute approximate surface area is 120 Å². The Balaban J connectivity index is 0.00000180. The lowest BCUT2D eigenvalue weighted by Crippen LogP contribution is -2.02. The monoisotopic (exact) mass is 283 g/mol. The van der Waals surface area contributed by atoms with Crippen molar-refractivity contribution in [1.82, 2.24) is 19.6 Å². The number of nitrogens with one attached hydrogen (secondary N) is 1. The van der Waals surface area contributed by atoms with E-state index in [1.807, 2.05) is 27.8 Å². The standard InChI is InChI=1S/C13H21N5.ClH/c1-3-6-17-8-5-13(16-17)14-9-12-10-15-18(11-12)7-4-2;/h5,8,10-11H,3-4,6-7,9H2,1-2H3,(H,14,16);1H. The first-order valence-electron chi connectivity index (χ1n) is 6.60. The van der Waals surface area contributed by atoms with Crippen molar-refractivity contribution in [3.63, 3.8) is 0 Å². The van der Waals surface area contributed by atoms with E-state index in [1.165, 1.54) is 5.56 Å². The van der Waals surface area contributed by atoms with Gasteiger partial charge in [0.05, 0.1) is 6.20 Å². The Bertz CT molecular complexity index is 433. The fourth-order valence-corrected chi connectivity index (χ4v) is 1.85. The molecule has 0 radical (unpaired) electrons. The summed E-state index contributed by atoms with van der Waals surface area (Å²) in [5.41, 5.74) is 1.19. The van der Waals surface area contributed by atoms with E-state index in [2.05, 4.69) is 35.6 Å². The van der Waals surface area contributed by atoms with Gasteiger partial charge in [-0.1, -0.05) is 13.8 Å². The second-order valence-electron chi connectivity index (χ2n) is 4.43. The van der Waals surface area contributed by atoms with E-state index in [0.717, 1.165) is 38.3 Å². The second kappa shape index (κ2) is 7.84. The number of halogens is 1. The van der Waals surface area contributed by atoms with E-state index in [9.17, 15) is 0 Å².